The first-order chi connectivity index (χ1) is 18.7. The molecule has 0 amide bonds. The topological polar surface area (TPSA) is 146 Å². The SMILES string of the molecule is CCC(C)Nc1c(C#Cc2cnn(C(C)C)c2)cnc(N)c1-c1ccnc(-c2cnn(S(=O)(=O)C3CC3)c2)n1. The number of nitrogen functional groups attached to an aromatic ring is 1. The Morgan fingerprint density at radius 3 is 2.59 bits per heavy atom. The zero-order valence-electron chi connectivity index (χ0n) is 22.3. The van der Waals surface area contributed by atoms with Gasteiger partial charge in [-0.25, -0.2) is 23.4 Å². The van der Waals surface area contributed by atoms with Crippen LogP contribution in [0.4, 0.5) is 11.5 Å². The highest BCUT2D eigenvalue weighted by Crippen LogP contribution is 2.35. The highest BCUT2D eigenvalue weighted by atomic mass is 32.2. The van der Waals surface area contributed by atoms with Crippen LogP contribution in [0.25, 0.3) is 22.6 Å². The van der Waals surface area contributed by atoms with Crippen molar-refractivity contribution in [1.82, 2.24) is 33.9 Å². The van der Waals surface area contributed by atoms with E-state index in [1.54, 1.807) is 24.7 Å². The van der Waals surface area contributed by atoms with Gasteiger partial charge in [0.25, 0.3) is 10.0 Å². The molecule has 4 aromatic heterocycles. The third kappa shape index (κ3) is 5.49. The molecule has 1 aliphatic carbocycles. The summed E-state index contributed by atoms with van der Waals surface area (Å²) in [6, 6.07) is 2.11. The van der Waals surface area contributed by atoms with Crippen LogP contribution in [0.2, 0.25) is 0 Å². The second kappa shape index (κ2) is 10.5. The fourth-order valence-corrected chi connectivity index (χ4v) is 5.39. The minimum Gasteiger partial charge on any atom is -0.383 e. The summed E-state index contributed by atoms with van der Waals surface area (Å²) in [5.41, 5.74) is 10.2. The van der Waals surface area contributed by atoms with Gasteiger partial charge in [-0.15, -0.1) is 0 Å². The van der Waals surface area contributed by atoms with Gasteiger partial charge in [-0.3, -0.25) is 4.68 Å². The molecule has 0 aliphatic heterocycles. The Balaban J connectivity index is 1.56. The van der Waals surface area contributed by atoms with Crippen molar-refractivity contribution in [2.24, 2.45) is 0 Å². The van der Waals surface area contributed by atoms with E-state index in [0.717, 1.165) is 21.8 Å². The molecule has 1 fully saturated rings. The van der Waals surface area contributed by atoms with Crippen LogP contribution in [0.3, 0.4) is 0 Å². The summed E-state index contributed by atoms with van der Waals surface area (Å²) in [5.74, 6) is 7.02. The Bertz CT molecular complexity index is 1670. The fourth-order valence-electron chi connectivity index (χ4n) is 3.92. The molecule has 4 aromatic rings. The lowest BCUT2D eigenvalue weighted by Crippen LogP contribution is -2.17. The molecule has 0 spiro atoms. The van der Waals surface area contributed by atoms with Crippen molar-refractivity contribution in [1.29, 1.82) is 0 Å². The molecule has 202 valence electrons. The summed E-state index contributed by atoms with van der Waals surface area (Å²) in [7, 11) is -3.49. The van der Waals surface area contributed by atoms with Crippen molar-refractivity contribution in [3.63, 3.8) is 0 Å². The molecule has 39 heavy (non-hydrogen) atoms. The molecule has 0 saturated heterocycles. The van der Waals surface area contributed by atoms with Crippen LogP contribution < -0.4 is 11.1 Å². The summed E-state index contributed by atoms with van der Waals surface area (Å²) < 4.78 is 28.1. The van der Waals surface area contributed by atoms with Crippen LogP contribution in [0, 0.1) is 11.8 Å². The molecule has 5 rings (SSSR count). The average Bonchev–Trinajstić information content (AvgIpc) is 3.47. The Morgan fingerprint density at radius 2 is 1.90 bits per heavy atom. The molecule has 4 heterocycles. The molecular weight excluding hydrogens is 514 g/mol. The first kappa shape index (κ1) is 26.4. The van der Waals surface area contributed by atoms with Gasteiger partial charge in [0.15, 0.2) is 5.82 Å². The van der Waals surface area contributed by atoms with Crippen molar-refractivity contribution in [2.45, 2.75) is 64.3 Å². The van der Waals surface area contributed by atoms with Crippen molar-refractivity contribution in [3.05, 3.63) is 54.4 Å². The van der Waals surface area contributed by atoms with Crippen LogP contribution in [-0.2, 0) is 10.0 Å². The molecule has 1 atom stereocenters. The predicted octanol–water partition coefficient (Wildman–Crippen LogP) is 3.71. The lowest BCUT2D eigenvalue weighted by molar-refractivity contribution is 0.532. The first-order valence-electron chi connectivity index (χ1n) is 12.9. The highest BCUT2D eigenvalue weighted by molar-refractivity contribution is 7.90. The summed E-state index contributed by atoms with van der Waals surface area (Å²) >= 11 is 0. The van der Waals surface area contributed by atoms with Gasteiger partial charge in [-0.1, -0.05) is 18.8 Å². The number of pyridine rings is 1. The number of anilines is 2. The lowest BCUT2D eigenvalue weighted by Gasteiger charge is -2.19. The van der Waals surface area contributed by atoms with Crippen molar-refractivity contribution in [3.8, 4) is 34.5 Å². The van der Waals surface area contributed by atoms with Gasteiger partial charge in [0.05, 0.1) is 57.5 Å². The maximum absolute atomic E-state index is 12.6. The van der Waals surface area contributed by atoms with E-state index in [2.05, 4.69) is 65.0 Å². The normalized spacial score (nSPS) is 14.2. The number of hydrogen-bond donors (Lipinski definition) is 2. The minimum atomic E-state index is -3.49. The monoisotopic (exact) mass is 545 g/mol. The zero-order chi connectivity index (χ0) is 27.7. The Hall–Kier alpha value is -4.24. The number of aromatic nitrogens is 7. The van der Waals surface area contributed by atoms with E-state index in [1.165, 1.54) is 12.4 Å². The van der Waals surface area contributed by atoms with Gasteiger partial charge in [-0.05, 0) is 46.1 Å². The van der Waals surface area contributed by atoms with Gasteiger partial charge in [0.2, 0.25) is 0 Å². The van der Waals surface area contributed by atoms with E-state index in [0.29, 0.717) is 41.1 Å². The molecule has 3 N–H and O–H groups in total. The molecule has 12 heteroatoms. The first-order valence-corrected chi connectivity index (χ1v) is 14.4. The molecule has 1 aliphatic rings. The standard InChI is InChI=1S/C27H31N9O2S/c1-5-18(4)33-25-20(7-6-19-12-31-35(15-19)17(2)3)13-30-26(28)24(25)23-10-11-29-27(34-23)21-14-32-36(16-21)39(37,38)22-8-9-22/h10-18,22H,5,8-9H2,1-4H3,(H3,28,30,33). The Labute approximate surface area is 227 Å². The Kier molecular flexibility index (Phi) is 7.10. The van der Waals surface area contributed by atoms with Gasteiger partial charge in [-0.2, -0.15) is 14.3 Å². The lowest BCUT2D eigenvalue weighted by atomic mass is 10.0. The molecule has 0 aromatic carbocycles. The van der Waals surface area contributed by atoms with E-state index in [4.69, 9.17) is 10.7 Å². The molecule has 1 unspecified atom stereocenters. The van der Waals surface area contributed by atoms with Gasteiger partial charge < -0.3 is 11.1 Å². The summed E-state index contributed by atoms with van der Waals surface area (Å²) in [5, 5.41) is 11.6. The van der Waals surface area contributed by atoms with E-state index < -0.39 is 10.0 Å². The van der Waals surface area contributed by atoms with Crippen molar-refractivity contribution < 1.29 is 8.42 Å². The van der Waals surface area contributed by atoms with Crippen LogP contribution in [0.5, 0.6) is 0 Å². The summed E-state index contributed by atoms with van der Waals surface area (Å²) in [6.45, 7) is 8.27. The number of nitrogens with two attached hydrogens (primary N) is 1. The molecule has 11 nitrogen and oxygen atoms in total. The second-order valence-corrected chi connectivity index (χ2v) is 12.0. The quantitative estimate of drug-likeness (QED) is 0.316. The Morgan fingerprint density at radius 1 is 1.10 bits per heavy atom. The smallest absolute Gasteiger partial charge is 0.256 e. The van der Waals surface area contributed by atoms with E-state index >= 15 is 0 Å². The van der Waals surface area contributed by atoms with Crippen molar-refractivity contribution >= 4 is 21.5 Å². The number of nitrogens with zero attached hydrogens (tertiary/aromatic N) is 7. The van der Waals surface area contributed by atoms with Gasteiger partial charge in [0.1, 0.15) is 5.82 Å². The van der Waals surface area contributed by atoms with E-state index in [9.17, 15) is 8.42 Å². The van der Waals surface area contributed by atoms with E-state index in [1.807, 2.05) is 10.9 Å². The van der Waals surface area contributed by atoms with Crippen LogP contribution in [0.15, 0.2) is 43.2 Å². The predicted molar refractivity (Wildman–Crippen MR) is 150 cm³/mol. The molecule has 0 radical (unpaired) electrons. The molecule has 0 bridgehead atoms. The largest absolute Gasteiger partial charge is 0.383 e. The van der Waals surface area contributed by atoms with Crippen LogP contribution >= 0.6 is 0 Å². The van der Waals surface area contributed by atoms with Crippen LogP contribution in [-0.4, -0.2) is 53.6 Å². The number of hydrogen-bond acceptors (Lipinski definition) is 9. The van der Waals surface area contributed by atoms with Gasteiger partial charge in [0, 0.05) is 30.7 Å². The highest BCUT2D eigenvalue weighted by Gasteiger charge is 2.37. The number of nitrogens with one attached hydrogen (secondary N) is 1. The molecular formula is C27H31N9O2S. The zero-order valence-corrected chi connectivity index (χ0v) is 23.1. The number of rotatable bonds is 8. The minimum absolute atomic E-state index is 0.127. The second-order valence-electron chi connectivity index (χ2n) is 9.92. The molecule has 1 saturated carbocycles. The summed E-state index contributed by atoms with van der Waals surface area (Å²) in [4.78, 5) is 13.5. The maximum atomic E-state index is 12.6. The maximum Gasteiger partial charge on any atom is 0.256 e. The average molecular weight is 546 g/mol. The van der Waals surface area contributed by atoms with Gasteiger partial charge >= 0.3 is 0 Å². The van der Waals surface area contributed by atoms with Crippen LogP contribution in [0.1, 0.15) is 64.1 Å². The van der Waals surface area contributed by atoms with Crippen molar-refractivity contribution in [2.75, 3.05) is 11.1 Å². The fraction of sp³-hybridized carbons (Fsp3) is 0.370. The van der Waals surface area contributed by atoms with E-state index in [-0.39, 0.29) is 23.2 Å². The third-order valence-electron chi connectivity index (χ3n) is 6.52. The summed E-state index contributed by atoms with van der Waals surface area (Å²) in [6.07, 6.45) is 12.0. The third-order valence-corrected chi connectivity index (χ3v) is 8.55.